The van der Waals surface area contributed by atoms with Gasteiger partial charge in [0.1, 0.15) is 17.6 Å². The molecular formula is C17H25NO2. The predicted molar refractivity (Wildman–Crippen MR) is 80.1 cm³/mol. The van der Waals surface area contributed by atoms with Crippen LogP contribution in [0.1, 0.15) is 45.4 Å². The smallest absolute Gasteiger partial charge is 0.120 e. The van der Waals surface area contributed by atoms with Crippen molar-refractivity contribution in [1.29, 1.82) is 0 Å². The molecule has 3 heteroatoms. The second-order valence-electron chi connectivity index (χ2n) is 6.15. The second-order valence-corrected chi connectivity index (χ2v) is 6.15. The van der Waals surface area contributed by atoms with Crippen molar-refractivity contribution >= 4 is 0 Å². The molecule has 20 heavy (non-hydrogen) atoms. The molecule has 0 saturated heterocycles. The van der Waals surface area contributed by atoms with Gasteiger partial charge in [-0.1, -0.05) is 19.3 Å². The lowest BCUT2D eigenvalue weighted by Crippen LogP contribution is -2.64. The van der Waals surface area contributed by atoms with E-state index in [1.165, 1.54) is 32.1 Å². The van der Waals surface area contributed by atoms with Gasteiger partial charge in [0.25, 0.3) is 0 Å². The van der Waals surface area contributed by atoms with Crippen LogP contribution in [0.3, 0.4) is 0 Å². The Balaban J connectivity index is 1.65. The molecule has 2 aliphatic rings. The molecular weight excluding hydrogens is 250 g/mol. The van der Waals surface area contributed by atoms with E-state index in [-0.39, 0.29) is 5.41 Å². The molecule has 2 saturated carbocycles. The van der Waals surface area contributed by atoms with E-state index in [0.717, 1.165) is 17.9 Å². The lowest BCUT2D eigenvalue weighted by molar-refractivity contribution is -0.0898. The average molecular weight is 275 g/mol. The minimum atomic E-state index is 0.247. The molecule has 1 aromatic carbocycles. The minimum Gasteiger partial charge on any atom is -0.494 e. The molecule has 2 fully saturated rings. The van der Waals surface area contributed by atoms with Crippen LogP contribution in [-0.4, -0.2) is 18.8 Å². The Hall–Kier alpha value is -1.22. The summed E-state index contributed by atoms with van der Waals surface area (Å²) in [5.41, 5.74) is 6.54. The summed E-state index contributed by atoms with van der Waals surface area (Å²) < 4.78 is 11.7. The molecule has 2 aliphatic carbocycles. The summed E-state index contributed by atoms with van der Waals surface area (Å²) in [6.07, 6.45) is 7.72. The SMILES string of the molecule is CCOc1ccc(OC2CC(N)C23CCCCC3)cc1. The van der Waals surface area contributed by atoms with Crippen LogP contribution in [0.4, 0.5) is 0 Å². The summed E-state index contributed by atoms with van der Waals surface area (Å²) >= 11 is 0. The number of hydrogen-bond acceptors (Lipinski definition) is 3. The van der Waals surface area contributed by atoms with Crippen molar-refractivity contribution in [2.24, 2.45) is 11.1 Å². The molecule has 3 rings (SSSR count). The van der Waals surface area contributed by atoms with Gasteiger partial charge in [0.2, 0.25) is 0 Å². The zero-order valence-corrected chi connectivity index (χ0v) is 12.3. The number of hydrogen-bond donors (Lipinski definition) is 1. The standard InChI is InChI=1S/C17H25NO2/c1-2-19-13-6-8-14(9-7-13)20-16-12-15(18)17(16)10-4-3-5-11-17/h6-9,15-16H,2-5,10-12,18H2,1H3. The third-order valence-corrected chi connectivity index (χ3v) is 5.05. The fourth-order valence-electron chi connectivity index (χ4n) is 3.79. The molecule has 0 bridgehead atoms. The van der Waals surface area contributed by atoms with Crippen molar-refractivity contribution in [3.8, 4) is 11.5 Å². The van der Waals surface area contributed by atoms with Crippen molar-refractivity contribution < 1.29 is 9.47 Å². The number of benzene rings is 1. The molecule has 0 amide bonds. The minimum absolute atomic E-state index is 0.247. The molecule has 0 aromatic heterocycles. The molecule has 2 N–H and O–H groups in total. The molecule has 1 aromatic rings. The van der Waals surface area contributed by atoms with E-state index in [2.05, 4.69) is 0 Å². The van der Waals surface area contributed by atoms with Crippen LogP contribution in [0.15, 0.2) is 24.3 Å². The Morgan fingerprint density at radius 1 is 1.10 bits per heavy atom. The molecule has 0 aliphatic heterocycles. The van der Waals surface area contributed by atoms with Gasteiger partial charge in [0, 0.05) is 17.9 Å². The lowest BCUT2D eigenvalue weighted by atomic mass is 9.55. The molecule has 0 heterocycles. The highest BCUT2D eigenvalue weighted by atomic mass is 16.5. The molecule has 1 spiro atoms. The third kappa shape index (κ3) is 2.39. The van der Waals surface area contributed by atoms with Gasteiger partial charge in [0.05, 0.1) is 6.61 Å². The zero-order valence-electron chi connectivity index (χ0n) is 12.3. The molecule has 3 nitrogen and oxygen atoms in total. The Labute approximate surface area is 121 Å². The van der Waals surface area contributed by atoms with Crippen molar-refractivity contribution in [3.63, 3.8) is 0 Å². The van der Waals surface area contributed by atoms with Crippen molar-refractivity contribution in [1.82, 2.24) is 0 Å². The van der Waals surface area contributed by atoms with Crippen LogP contribution in [-0.2, 0) is 0 Å². The summed E-state index contributed by atoms with van der Waals surface area (Å²) in [5.74, 6) is 1.84. The van der Waals surface area contributed by atoms with Gasteiger partial charge in [0.15, 0.2) is 0 Å². The number of ether oxygens (including phenoxy) is 2. The second kappa shape index (κ2) is 5.65. The maximum atomic E-state index is 6.30. The molecule has 0 radical (unpaired) electrons. The van der Waals surface area contributed by atoms with E-state index in [1.807, 2.05) is 31.2 Å². The first-order valence-electron chi connectivity index (χ1n) is 7.90. The first-order valence-corrected chi connectivity index (χ1v) is 7.90. The van der Waals surface area contributed by atoms with E-state index in [4.69, 9.17) is 15.2 Å². The van der Waals surface area contributed by atoms with Gasteiger partial charge in [-0.3, -0.25) is 0 Å². The van der Waals surface area contributed by atoms with E-state index in [0.29, 0.717) is 18.8 Å². The van der Waals surface area contributed by atoms with E-state index in [9.17, 15) is 0 Å². The number of rotatable bonds is 4. The molecule has 2 atom stereocenters. The monoisotopic (exact) mass is 275 g/mol. The van der Waals surface area contributed by atoms with E-state index in [1.54, 1.807) is 0 Å². The lowest BCUT2D eigenvalue weighted by Gasteiger charge is -2.56. The summed E-state index contributed by atoms with van der Waals surface area (Å²) in [5, 5.41) is 0. The summed E-state index contributed by atoms with van der Waals surface area (Å²) in [6, 6.07) is 8.29. The van der Waals surface area contributed by atoms with Gasteiger partial charge in [-0.15, -0.1) is 0 Å². The van der Waals surface area contributed by atoms with E-state index < -0.39 is 0 Å². The summed E-state index contributed by atoms with van der Waals surface area (Å²) in [7, 11) is 0. The zero-order chi connectivity index (χ0) is 14.0. The van der Waals surface area contributed by atoms with Crippen molar-refractivity contribution in [2.75, 3.05) is 6.61 Å². The fraction of sp³-hybridized carbons (Fsp3) is 0.647. The summed E-state index contributed by atoms with van der Waals surface area (Å²) in [4.78, 5) is 0. The highest BCUT2D eigenvalue weighted by Crippen LogP contribution is 2.52. The quantitative estimate of drug-likeness (QED) is 0.914. The Bertz CT molecular complexity index is 437. The predicted octanol–water partition coefficient (Wildman–Crippen LogP) is 3.51. The van der Waals surface area contributed by atoms with Gasteiger partial charge < -0.3 is 15.2 Å². The molecule has 110 valence electrons. The van der Waals surface area contributed by atoms with Crippen LogP contribution in [0.5, 0.6) is 11.5 Å². The van der Waals surface area contributed by atoms with Gasteiger partial charge in [-0.25, -0.2) is 0 Å². The van der Waals surface area contributed by atoms with Crippen LogP contribution >= 0.6 is 0 Å². The van der Waals surface area contributed by atoms with Crippen LogP contribution < -0.4 is 15.2 Å². The van der Waals surface area contributed by atoms with Crippen LogP contribution in [0.25, 0.3) is 0 Å². The van der Waals surface area contributed by atoms with Gasteiger partial charge >= 0.3 is 0 Å². The topological polar surface area (TPSA) is 44.5 Å². The Morgan fingerprint density at radius 2 is 1.75 bits per heavy atom. The van der Waals surface area contributed by atoms with Crippen LogP contribution in [0, 0.1) is 5.41 Å². The van der Waals surface area contributed by atoms with Crippen molar-refractivity contribution in [3.05, 3.63) is 24.3 Å². The maximum Gasteiger partial charge on any atom is 0.120 e. The first kappa shape index (κ1) is 13.7. The van der Waals surface area contributed by atoms with E-state index >= 15 is 0 Å². The normalized spacial score (nSPS) is 27.9. The fourth-order valence-corrected chi connectivity index (χ4v) is 3.79. The highest BCUT2D eigenvalue weighted by Gasteiger charge is 2.54. The highest BCUT2D eigenvalue weighted by molar-refractivity contribution is 5.32. The number of nitrogens with two attached hydrogens (primary N) is 1. The van der Waals surface area contributed by atoms with Gasteiger partial charge in [-0.2, -0.15) is 0 Å². The van der Waals surface area contributed by atoms with Gasteiger partial charge in [-0.05, 0) is 44.0 Å². The largest absolute Gasteiger partial charge is 0.494 e. The van der Waals surface area contributed by atoms with Crippen molar-refractivity contribution in [2.45, 2.75) is 57.6 Å². The third-order valence-electron chi connectivity index (χ3n) is 5.05. The van der Waals surface area contributed by atoms with Crippen LogP contribution in [0.2, 0.25) is 0 Å². The molecule has 2 unspecified atom stereocenters. The maximum absolute atomic E-state index is 6.30. The first-order chi connectivity index (χ1) is 9.74. The summed E-state index contributed by atoms with van der Waals surface area (Å²) in [6.45, 7) is 2.69. The average Bonchev–Trinajstić information content (AvgIpc) is 2.50. The Kier molecular flexibility index (Phi) is 3.88. The Morgan fingerprint density at radius 3 is 2.35 bits per heavy atom.